The number of hydrogen-bond acceptors (Lipinski definition) is 7. The van der Waals surface area contributed by atoms with E-state index in [9.17, 15) is 29.3 Å². The number of anilines is 2. The number of esters is 1. The Balaban J connectivity index is 1.41. The molecule has 0 bridgehead atoms. The third-order valence-corrected chi connectivity index (χ3v) is 7.37. The Morgan fingerprint density at radius 2 is 1.72 bits per heavy atom. The van der Waals surface area contributed by atoms with Crippen LogP contribution >= 0.6 is 23.2 Å². The lowest BCUT2D eigenvalue weighted by Gasteiger charge is -2.28. The highest BCUT2D eigenvalue weighted by Crippen LogP contribution is 2.43. The summed E-state index contributed by atoms with van der Waals surface area (Å²) in [7, 11) is 0. The Hall–Kier alpha value is -3.50. The number of aryl methyl sites for hydroxylation is 1. The van der Waals surface area contributed by atoms with Crippen molar-refractivity contribution in [1.82, 2.24) is 0 Å². The lowest BCUT2D eigenvalue weighted by atomic mass is 9.80. The number of amides is 3. The highest BCUT2D eigenvalue weighted by molar-refractivity contribution is 6.31. The molecule has 0 aromatic heterocycles. The average molecular weight is 534 g/mol. The van der Waals surface area contributed by atoms with Gasteiger partial charge in [0.25, 0.3) is 11.6 Å². The highest BCUT2D eigenvalue weighted by Gasteiger charge is 2.52. The van der Waals surface area contributed by atoms with E-state index in [1.165, 1.54) is 42.5 Å². The monoisotopic (exact) mass is 533 g/mol. The molecule has 0 radical (unpaired) electrons. The van der Waals surface area contributed by atoms with Gasteiger partial charge in [0.2, 0.25) is 11.8 Å². The largest absolute Gasteiger partial charge is 0.452 e. The molecule has 0 unspecified atom stereocenters. The van der Waals surface area contributed by atoms with Crippen LogP contribution in [0.1, 0.15) is 28.8 Å². The van der Waals surface area contributed by atoms with Crippen molar-refractivity contribution in [2.24, 2.45) is 11.8 Å². The van der Waals surface area contributed by atoms with Crippen LogP contribution in [0.2, 0.25) is 0 Å². The van der Waals surface area contributed by atoms with Crippen molar-refractivity contribution in [1.29, 1.82) is 0 Å². The number of benzene rings is 2. The van der Waals surface area contributed by atoms with Crippen LogP contribution in [0.25, 0.3) is 0 Å². The first kappa shape index (κ1) is 25.6. The molecule has 4 atom stereocenters. The van der Waals surface area contributed by atoms with Crippen LogP contribution in [0.15, 0.2) is 42.5 Å². The molecule has 2 aliphatic rings. The predicted molar refractivity (Wildman–Crippen MR) is 131 cm³/mol. The van der Waals surface area contributed by atoms with E-state index in [-0.39, 0.29) is 22.6 Å². The lowest BCUT2D eigenvalue weighted by Crippen LogP contribution is -2.34. The number of alkyl halides is 2. The number of nitro groups is 1. The summed E-state index contributed by atoms with van der Waals surface area (Å²) >= 11 is 12.4. The summed E-state index contributed by atoms with van der Waals surface area (Å²) in [4.78, 5) is 62.2. The Morgan fingerprint density at radius 3 is 2.33 bits per heavy atom. The van der Waals surface area contributed by atoms with E-state index in [1.807, 2.05) is 0 Å². The first-order chi connectivity index (χ1) is 17.1. The molecule has 12 heteroatoms. The number of carbonyl (C=O) groups excluding carboxylic acids is 4. The van der Waals surface area contributed by atoms with Gasteiger partial charge in [-0.1, -0.05) is 12.1 Å². The van der Waals surface area contributed by atoms with Gasteiger partial charge in [-0.15, -0.1) is 23.2 Å². The summed E-state index contributed by atoms with van der Waals surface area (Å²) in [5.74, 6) is -3.45. The van der Waals surface area contributed by atoms with Crippen LogP contribution in [-0.4, -0.2) is 46.0 Å². The number of carbonyl (C=O) groups is 4. The number of fused-ring (bicyclic) bond motifs is 1. The smallest absolute Gasteiger partial charge is 0.338 e. The maximum atomic E-state index is 13.0. The molecule has 1 saturated heterocycles. The molecule has 36 heavy (non-hydrogen) atoms. The van der Waals surface area contributed by atoms with Gasteiger partial charge in [-0.2, -0.15) is 0 Å². The van der Waals surface area contributed by atoms with Gasteiger partial charge in [0.05, 0.1) is 38.8 Å². The normalized spacial score (nSPS) is 23.2. The minimum absolute atomic E-state index is 0.0344. The number of nitro benzene ring substituents is 1. The zero-order valence-electron chi connectivity index (χ0n) is 19.0. The van der Waals surface area contributed by atoms with Gasteiger partial charge in [-0.3, -0.25) is 29.4 Å². The second kappa shape index (κ2) is 10.2. The second-order valence-electron chi connectivity index (χ2n) is 8.66. The summed E-state index contributed by atoms with van der Waals surface area (Å²) in [5.41, 5.74) is 0.704. The zero-order valence-corrected chi connectivity index (χ0v) is 20.5. The van der Waals surface area contributed by atoms with Gasteiger partial charge in [0.1, 0.15) is 0 Å². The van der Waals surface area contributed by atoms with Gasteiger partial charge in [0.15, 0.2) is 6.61 Å². The fourth-order valence-corrected chi connectivity index (χ4v) is 5.01. The van der Waals surface area contributed by atoms with Crippen molar-refractivity contribution >= 4 is 64.0 Å². The van der Waals surface area contributed by atoms with Crippen molar-refractivity contribution < 1.29 is 28.8 Å². The summed E-state index contributed by atoms with van der Waals surface area (Å²) in [6.07, 6.45) is 0.588. The van der Waals surface area contributed by atoms with Gasteiger partial charge < -0.3 is 10.1 Å². The predicted octanol–water partition coefficient (Wildman–Crippen LogP) is 3.81. The summed E-state index contributed by atoms with van der Waals surface area (Å²) in [6, 6.07) is 9.97. The van der Waals surface area contributed by atoms with Crippen molar-refractivity contribution in [2.75, 3.05) is 16.8 Å². The van der Waals surface area contributed by atoms with E-state index in [0.29, 0.717) is 18.4 Å². The van der Waals surface area contributed by atoms with Crippen molar-refractivity contribution in [3.8, 4) is 0 Å². The fraction of sp³-hybridized carbons (Fsp3) is 0.333. The summed E-state index contributed by atoms with van der Waals surface area (Å²) in [6.45, 7) is 0.921. The van der Waals surface area contributed by atoms with E-state index < -0.39 is 57.8 Å². The van der Waals surface area contributed by atoms with Crippen LogP contribution < -0.4 is 10.2 Å². The van der Waals surface area contributed by atoms with Crippen LogP contribution in [0, 0.1) is 28.9 Å². The fourth-order valence-electron chi connectivity index (χ4n) is 4.42. The quantitative estimate of drug-likeness (QED) is 0.196. The third kappa shape index (κ3) is 5.05. The van der Waals surface area contributed by atoms with E-state index in [2.05, 4.69) is 5.32 Å². The van der Waals surface area contributed by atoms with Gasteiger partial charge in [0, 0.05) is 17.3 Å². The molecule has 1 saturated carbocycles. The van der Waals surface area contributed by atoms with E-state index in [0.717, 1.165) is 4.90 Å². The zero-order chi connectivity index (χ0) is 26.1. The van der Waals surface area contributed by atoms with Crippen LogP contribution in [0.4, 0.5) is 17.1 Å². The number of halogens is 2. The Labute approximate surface area is 215 Å². The van der Waals surface area contributed by atoms with Gasteiger partial charge in [-0.05, 0) is 44.0 Å². The number of hydrogen-bond donors (Lipinski definition) is 1. The molecule has 2 fully saturated rings. The van der Waals surface area contributed by atoms with Crippen molar-refractivity contribution in [3.05, 3.63) is 63.7 Å². The molecule has 2 aromatic carbocycles. The maximum Gasteiger partial charge on any atom is 0.338 e. The Morgan fingerprint density at radius 1 is 1.08 bits per heavy atom. The molecule has 1 aliphatic heterocycles. The SMILES string of the molecule is Cc1ccc(NC(=O)COC(=O)c2cccc(N3C(=O)[C@H]4C[C@@H](Cl)[C@@H](Cl)C[C@H]4C3=O)c2)cc1[N+](=O)[O-]. The third-order valence-electron chi connectivity index (χ3n) is 6.28. The molecule has 10 nitrogen and oxygen atoms in total. The summed E-state index contributed by atoms with van der Waals surface area (Å²) < 4.78 is 5.05. The van der Waals surface area contributed by atoms with E-state index >= 15 is 0 Å². The molecule has 1 aliphatic carbocycles. The maximum absolute atomic E-state index is 13.0. The minimum Gasteiger partial charge on any atom is -0.452 e. The number of ether oxygens (including phenoxy) is 1. The van der Waals surface area contributed by atoms with E-state index in [4.69, 9.17) is 27.9 Å². The Kier molecular flexibility index (Phi) is 7.28. The van der Waals surface area contributed by atoms with Gasteiger partial charge >= 0.3 is 5.97 Å². The molecule has 1 N–H and O–H groups in total. The summed E-state index contributed by atoms with van der Waals surface area (Å²) in [5, 5.41) is 12.7. The first-order valence-corrected chi connectivity index (χ1v) is 11.9. The average Bonchev–Trinajstić information content (AvgIpc) is 3.08. The van der Waals surface area contributed by atoms with E-state index in [1.54, 1.807) is 6.92 Å². The van der Waals surface area contributed by atoms with Crippen LogP contribution in [0.3, 0.4) is 0 Å². The Bertz CT molecular complexity index is 1240. The molecular weight excluding hydrogens is 513 g/mol. The molecule has 188 valence electrons. The number of nitrogens with one attached hydrogen (secondary N) is 1. The number of nitrogens with zero attached hydrogens (tertiary/aromatic N) is 2. The molecular formula is C24H21Cl2N3O7. The van der Waals surface area contributed by atoms with Crippen molar-refractivity contribution in [2.45, 2.75) is 30.5 Å². The number of imide groups is 1. The van der Waals surface area contributed by atoms with Crippen LogP contribution in [-0.2, 0) is 19.1 Å². The molecule has 2 aromatic rings. The molecule has 3 amide bonds. The number of rotatable bonds is 6. The molecule has 0 spiro atoms. The highest BCUT2D eigenvalue weighted by atomic mass is 35.5. The van der Waals surface area contributed by atoms with Crippen LogP contribution in [0.5, 0.6) is 0 Å². The topological polar surface area (TPSA) is 136 Å². The minimum atomic E-state index is -0.847. The molecule has 4 rings (SSSR count). The second-order valence-corrected chi connectivity index (χ2v) is 9.78. The van der Waals surface area contributed by atoms with Gasteiger partial charge in [-0.25, -0.2) is 4.79 Å². The first-order valence-electron chi connectivity index (χ1n) is 11.0. The standard InChI is InChI=1S/C24H21Cl2N3O7/c1-12-5-6-14(8-20(12)29(34)35)27-21(30)11-36-24(33)13-3-2-4-15(7-13)28-22(31)16-9-18(25)19(26)10-17(16)23(28)32/h2-8,16-19H,9-11H2,1H3,(H,27,30)/t16-,17+,18+,19-. The lowest BCUT2D eigenvalue weighted by molar-refractivity contribution is -0.385. The van der Waals surface area contributed by atoms with Crippen molar-refractivity contribution in [3.63, 3.8) is 0 Å². The molecule has 1 heterocycles.